The Hall–Kier alpha value is -1.12. The lowest BCUT2D eigenvalue weighted by Gasteiger charge is -2.08. The van der Waals surface area contributed by atoms with Gasteiger partial charge in [-0.25, -0.2) is 0 Å². The Kier molecular flexibility index (Phi) is 3.56. The highest BCUT2D eigenvalue weighted by Gasteiger charge is 2.61. The number of carbonyl (C=O) groups is 2. The Balaban J connectivity index is 2.63. The number of hydrogen-bond donors (Lipinski definition) is 0. The molecule has 0 aromatic rings. The number of ketones is 1. The molecule has 1 fully saturated rings. The smallest absolute Gasteiger partial charge is 0.310 e. The van der Waals surface area contributed by atoms with Crippen LogP contribution < -0.4 is 0 Å². The molecule has 0 saturated heterocycles. The number of carbonyl (C=O) groups excluding carboxylic acids is 2. The van der Waals surface area contributed by atoms with Crippen LogP contribution in [0, 0.1) is 17.3 Å². The van der Waals surface area contributed by atoms with Crippen LogP contribution in [-0.2, 0) is 14.3 Å². The molecule has 1 aliphatic rings. The van der Waals surface area contributed by atoms with Gasteiger partial charge in [0.05, 0.1) is 12.0 Å². The van der Waals surface area contributed by atoms with Crippen LogP contribution in [0.15, 0.2) is 12.2 Å². The molecular weight excluding hydrogens is 204 g/mol. The van der Waals surface area contributed by atoms with Crippen molar-refractivity contribution in [3.8, 4) is 0 Å². The average Bonchev–Trinajstić information content (AvgIpc) is 2.63. The van der Waals surface area contributed by atoms with Gasteiger partial charge in [-0.1, -0.05) is 19.9 Å². The van der Waals surface area contributed by atoms with E-state index in [2.05, 4.69) is 0 Å². The number of allylic oxidation sites excluding steroid dienone is 2. The van der Waals surface area contributed by atoms with Crippen molar-refractivity contribution in [1.29, 1.82) is 0 Å². The summed E-state index contributed by atoms with van der Waals surface area (Å²) in [5.74, 6) is -0.120. The van der Waals surface area contributed by atoms with E-state index in [4.69, 9.17) is 4.74 Å². The molecule has 1 aliphatic carbocycles. The molecule has 0 aromatic heterocycles. The fourth-order valence-electron chi connectivity index (χ4n) is 2.03. The second kappa shape index (κ2) is 4.40. The first-order valence-electron chi connectivity index (χ1n) is 5.66. The minimum absolute atomic E-state index is 0.0127. The molecule has 0 bridgehead atoms. The minimum atomic E-state index is -0.154. The van der Waals surface area contributed by atoms with Gasteiger partial charge in [-0.2, -0.15) is 0 Å². The Morgan fingerprint density at radius 1 is 1.31 bits per heavy atom. The van der Waals surface area contributed by atoms with E-state index in [9.17, 15) is 9.59 Å². The standard InChI is InChI=1S/C13H20O3/c1-8(2)16-12(15)11-10(13(11,4)5)7-6-9(3)14/h6-8,10-11H,1-5H3/b7-6+/t10-,11+/m1/s1. The van der Waals surface area contributed by atoms with Gasteiger partial charge in [-0.3, -0.25) is 9.59 Å². The summed E-state index contributed by atoms with van der Waals surface area (Å²) in [4.78, 5) is 22.6. The van der Waals surface area contributed by atoms with E-state index in [1.165, 1.54) is 13.0 Å². The normalized spacial score (nSPS) is 27.1. The molecule has 0 amide bonds. The zero-order valence-corrected chi connectivity index (χ0v) is 10.6. The van der Waals surface area contributed by atoms with Crippen molar-refractivity contribution in [2.75, 3.05) is 0 Å². The Labute approximate surface area is 96.9 Å². The molecule has 1 saturated carbocycles. The third kappa shape index (κ3) is 2.71. The molecule has 0 radical (unpaired) electrons. The summed E-state index contributed by atoms with van der Waals surface area (Å²) < 4.78 is 5.19. The molecule has 0 heterocycles. The lowest BCUT2D eigenvalue weighted by atomic mass is 10.1. The largest absolute Gasteiger partial charge is 0.463 e. The molecule has 0 aliphatic heterocycles. The fourth-order valence-corrected chi connectivity index (χ4v) is 2.03. The Morgan fingerprint density at radius 2 is 1.88 bits per heavy atom. The van der Waals surface area contributed by atoms with E-state index < -0.39 is 0 Å². The molecule has 0 spiro atoms. The highest BCUT2D eigenvalue weighted by molar-refractivity contribution is 5.87. The van der Waals surface area contributed by atoms with Crippen LogP contribution in [0.25, 0.3) is 0 Å². The van der Waals surface area contributed by atoms with Gasteiger partial charge in [0, 0.05) is 0 Å². The van der Waals surface area contributed by atoms with Gasteiger partial charge in [0.1, 0.15) is 0 Å². The van der Waals surface area contributed by atoms with Crippen molar-refractivity contribution in [3.05, 3.63) is 12.2 Å². The topological polar surface area (TPSA) is 43.4 Å². The molecular formula is C13H20O3. The maximum Gasteiger partial charge on any atom is 0.310 e. The fraction of sp³-hybridized carbons (Fsp3) is 0.692. The van der Waals surface area contributed by atoms with Crippen molar-refractivity contribution in [2.45, 2.75) is 40.7 Å². The summed E-state index contributed by atoms with van der Waals surface area (Å²) >= 11 is 0. The second-order valence-corrected chi connectivity index (χ2v) is 5.28. The number of rotatable bonds is 4. The predicted octanol–water partition coefficient (Wildman–Crippen LogP) is 2.36. The summed E-state index contributed by atoms with van der Waals surface area (Å²) in [6, 6.07) is 0. The maximum atomic E-state index is 11.7. The lowest BCUT2D eigenvalue weighted by molar-refractivity contribution is -0.150. The quantitative estimate of drug-likeness (QED) is 0.544. The molecule has 1 rings (SSSR count). The second-order valence-electron chi connectivity index (χ2n) is 5.28. The predicted molar refractivity (Wildman–Crippen MR) is 61.8 cm³/mol. The van der Waals surface area contributed by atoms with Gasteiger partial charge in [-0.15, -0.1) is 0 Å². The van der Waals surface area contributed by atoms with Crippen LogP contribution in [-0.4, -0.2) is 17.9 Å². The van der Waals surface area contributed by atoms with Gasteiger partial charge in [-0.05, 0) is 38.2 Å². The molecule has 16 heavy (non-hydrogen) atoms. The zero-order chi connectivity index (χ0) is 12.5. The first-order valence-corrected chi connectivity index (χ1v) is 5.66. The van der Waals surface area contributed by atoms with Crippen molar-refractivity contribution >= 4 is 11.8 Å². The number of esters is 1. The minimum Gasteiger partial charge on any atom is -0.463 e. The third-order valence-corrected chi connectivity index (χ3v) is 3.05. The van der Waals surface area contributed by atoms with Crippen molar-refractivity contribution in [2.24, 2.45) is 17.3 Å². The van der Waals surface area contributed by atoms with Crippen molar-refractivity contribution in [3.63, 3.8) is 0 Å². The van der Waals surface area contributed by atoms with E-state index in [1.807, 2.05) is 33.8 Å². The molecule has 0 N–H and O–H groups in total. The van der Waals surface area contributed by atoms with Crippen molar-refractivity contribution in [1.82, 2.24) is 0 Å². The van der Waals surface area contributed by atoms with Gasteiger partial charge in [0.2, 0.25) is 0 Å². The average molecular weight is 224 g/mol. The summed E-state index contributed by atoms with van der Waals surface area (Å²) in [6.07, 6.45) is 3.28. The van der Waals surface area contributed by atoms with Crippen LogP contribution in [0.2, 0.25) is 0 Å². The number of hydrogen-bond acceptors (Lipinski definition) is 3. The van der Waals surface area contributed by atoms with Crippen molar-refractivity contribution < 1.29 is 14.3 Å². The SMILES string of the molecule is CC(=O)/C=C/[C@@H]1[C@@H](C(=O)OC(C)C)C1(C)C. The maximum absolute atomic E-state index is 11.7. The molecule has 3 nitrogen and oxygen atoms in total. The molecule has 2 atom stereocenters. The molecule has 0 unspecified atom stereocenters. The van der Waals surface area contributed by atoms with Crippen LogP contribution >= 0.6 is 0 Å². The zero-order valence-electron chi connectivity index (χ0n) is 10.6. The lowest BCUT2D eigenvalue weighted by Crippen LogP contribution is -2.15. The molecule has 0 aromatic carbocycles. The molecule has 3 heteroatoms. The first-order chi connectivity index (χ1) is 7.26. The van der Waals surface area contributed by atoms with Gasteiger partial charge >= 0.3 is 5.97 Å². The summed E-state index contributed by atoms with van der Waals surface area (Å²) in [5, 5.41) is 0. The first kappa shape index (κ1) is 12.9. The summed E-state index contributed by atoms with van der Waals surface area (Å²) in [7, 11) is 0. The van der Waals surface area contributed by atoms with E-state index in [1.54, 1.807) is 0 Å². The summed E-state index contributed by atoms with van der Waals surface area (Å²) in [5.41, 5.74) is -0.0854. The van der Waals surface area contributed by atoms with Gasteiger partial charge in [0.15, 0.2) is 5.78 Å². The van der Waals surface area contributed by atoms with Gasteiger partial charge in [0.25, 0.3) is 0 Å². The number of ether oxygens (including phenoxy) is 1. The Morgan fingerprint density at radius 3 is 2.31 bits per heavy atom. The van der Waals surface area contributed by atoms with E-state index in [0.717, 1.165) is 0 Å². The Bertz CT molecular complexity index is 326. The van der Waals surface area contributed by atoms with Crippen LogP contribution in [0.4, 0.5) is 0 Å². The third-order valence-electron chi connectivity index (χ3n) is 3.05. The summed E-state index contributed by atoms with van der Waals surface area (Å²) in [6.45, 7) is 9.23. The van der Waals surface area contributed by atoms with Gasteiger partial charge < -0.3 is 4.74 Å². The monoisotopic (exact) mass is 224 g/mol. The highest BCUT2D eigenvalue weighted by atomic mass is 16.5. The highest BCUT2D eigenvalue weighted by Crippen LogP contribution is 2.59. The van der Waals surface area contributed by atoms with E-state index >= 15 is 0 Å². The van der Waals surface area contributed by atoms with E-state index in [0.29, 0.717) is 0 Å². The molecule has 90 valence electrons. The van der Waals surface area contributed by atoms with Crippen LogP contribution in [0.3, 0.4) is 0 Å². The van der Waals surface area contributed by atoms with E-state index in [-0.39, 0.29) is 35.1 Å². The van der Waals surface area contributed by atoms with Crippen LogP contribution in [0.1, 0.15) is 34.6 Å². The van der Waals surface area contributed by atoms with Crippen LogP contribution in [0.5, 0.6) is 0 Å².